The molecule has 3 N–H and O–H groups in total. The molecule has 0 unspecified atom stereocenters. The number of nitrogens with two attached hydrogens (primary N) is 1. The Kier molecular flexibility index (Phi) is 3.12. The highest BCUT2D eigenvalue weighted by molar-refractivity contribution is 4.70. The van der Waals surface area contributed by atoms with Crippen molar-refractivity contribution in [2.24, 2.45) is 11.8 Å². The second-order valence-electron chi connectivity index (χ2n) is 3.15. The van der Waals surface area contributed by atoms with Gasteiger partial charge in [-0.1, -0.05) is 0 Å². The first-order valence-corrected chi connectivity index (χ1v) is 3.95. The van der Waals surface area contributed by atoms with Gasteiger partial charge < -0.3 is 4.90 Å². The van der Waals surface area contributed by atoms with Crippen LogP contribution < -0.4 is 11.3 Å². The van der Waals surface area contributed by atoms with E-state index in [2.05, 4.69) is 17.4 Å². The van der Waals surface area contributed by atoms with Crippen molar-refractivity contribution in [2.45, 2.75) is 12.8 Å². The molecule has 1 heterocycles. The third kappa shape index (κ3) is 2.25. The van der Waals surface area contributed by atoms with E-state index in [4.69, 9.17) is 5.84 Å². The van der Waals surface area contributed by atoms with Gasteiger partial charge >= 0.3 is 0 Å². The van der Waals surface area contributed by atoms with Gasteiger partial charge in [0.05, 0.1) is 0 Å². The van der Waals surface area contributed by atoms with Crippen molar-refractivity contribution in [1.29, 1.82) is 0 Å². The molecule has 0 bridgehead atoms. The Hall–Kier alpha value is -0.120. The maximum Gasteiger partial charge on any atom is 0.0127 e. The normalized spacial score (nSPS) is 23.4. The summed E-state index contributed by atoms with van der Waals surface area (Å²) in [6, 6.07) is 0. The van der Waals surface area contributed by atoms with Crippen LogP contribution in [0.4, 0.5) is 0 Å². The van der Waals surface area contributed by atoms with Gasteiger partial charge in [-0.2, -0.15) is 0 Å². The summed E-state index contributed by atoms with van der Waals surface area (Å²) in [4.78, 5) is 2.37. The number of nitrogens with one attached hydrogen (secondary N) is 1. The monoisotopic (exact) mass is 143 g/mol. The molecule has 0 aromatic heterocycles. The lowest BCUT2D eigenvalue weighted by Crippen LogP contribution is -2.36. The van der Waals surface area contributed by atoms with Gasteiger partial charge in [-0.05, 0) is 38.9 Å². The van der Waals surface area contributed by atoms with Crippen LogP contribution in [0.25, 0.3) is 0 Å². The van der Waals surface area contributed by atoms with E-state index in [1.165, 1.54) is 25.9 Å². The van der Waals surface area contributed by atoms with Crippen molar-refractivity contribution in [3.05, 3.63) is 0 Å². The van der Waals surface area contributed by atoms with Gasteiger partial charge in [0.15, 0.2) is 0 Å². The number of hydrogen-bond donors (Lipinski definition) is 2. The minimum absolute atomic E-state index is 0.807. The minimum Gasteiger partial charge on any atom is -0.306 e. The highest BCUT2D eigenvalue weighted by atomic mass is 15.2. The zero-order valence-electron chi connectivity index (χ0n) is 6.64. The van der Waals surface area contributed by atoms with Crippen LogP contribution in [0.2, 0.25) is 0 Å². The molecule has 0 aliphatic carbocycles. The molecule has 1 rings (SSSR count). The SMILES string of the molecule is CN1CCC(CNN)CC1. The number of hydrogen-bond acceptors (Lipinski definition) is 3. The van der Waals surface area contributed by atoms with E-state index in [1.54, 1.807) is 0 Å². The third-order valence-electron chi connectivity index (χ3n) is 2.24. The summed E-state index contributed by atoms with van der Waals surface area (Å²) in [6.45, 7) is 3.44. The van der Waals surface area contributed by atoms with E-state index in [1.807, 2.05) is 0 Å². The first-order valence-electron chi connectivity index (χ1n) is 3.95. The van der Waals surface area contributed by atoms with E-state index < -0.39 is 0 Å². The maximum absolute atomic E-state index is 5.23. The van der Waals surface area contributed by atoms with Gasteiger partial charge in [-0.3, -0.25) is 11.3 Å². The smallest absolute Gasteiger partial charge is 0.0127 e. The Morgan fingerprint density at radius 2 is 2.10 bits per heavy atom. The van der Waals surface area contributed by atoms with E-state index in [0.717, 1.165) is 12.5 Å². The summed E-state index contributed by atoms with van der Waals surface area (Å²) >= 11 is 0. The summed E-state index contributed by atoms with van der Waals surface area (Å²) in [5.74, 6) is 6.04. The van der Waals surface area contributed by atoms with Gasteiger partial charge in [-0.25, -0.2) is 0 Å². The molecule has 0 radical (unpaired) electrons. The summed E-state index contributed by atoms with van der Waals surface area (Å²) in [6.07, 6.45) is 2.58. The minimum atomic E-state index is 0.807. The molecule has 10 heavy (non-hydrogen) atoms. The average Bonchev–Trinajstić information content (AvgIpc) is 1.95. The quantitative estimate of drug-likeness (QED) is 0.415. The zero-order chi connectivity index (χ0) is 7.40. The number of hydrazine groups is 1. The molecule has 3 heteroatoms. The highest BCUT2D eigenvalue weighted by Crippen LogP contribution is 2.13. The van der Waals surface area contributed by atoms with Crippen molar-refractivity contribution in [3.63, 3.8) is 0 Å². The first kappa shape index (κ1) is 7.98. The molecular weight excluding hydrogens is 126 g/mol. The second kappa shape index (κ2) is 3.91. The molecule has 0 atom stereocenters. The van der Waals surface area contributed by atoms with Crippen LogP contribution in [0.1, 0.15) is 12.8 Å². The molecule has 1 fully saturated rings. The molecule has 1 aliphatic rings. The lowest BCUT2D eigenvalue weighted by Gasteiger charge is -2.28. The van der Waals surface area contributed by atoms with Gasteiger partial charge in [0, 0.05) is 6.54 Å². The maximum atomic E-state index is 5.23. The van der Waals surface area contributed by atoms with E-state index in [9.17, 15) is 0 Å². The lowest BCUT2D eigenvalue weighted by atomic mass is 9.98. The summed E-state index contributed by atoms with van der Waals surface area (Å²) in [7, 11) is 2.17. The van der Waals surface area contributed by atoms with Gasteiger partial charge in [0.1, 0.15) is 0 Å². The van der Waals surface area contributed by atoms with E-state index in [-0.39, 0.29) is 0 Å². The van der Waals surface area contributed by atoms with E-state index >= 15 is 0 Å². The Balaban J connectivity index is 2.13. The van der Waals surface area contributed by atoms with Crippen LogP contribution in [0.5, 0.6) is 0 Å². The molecule has 60 valence electrons. The molecule has 1 aliphatic heterocycles. The molecule has 1 saturated heterocycles. The molecule has 0 saturated carbocycles. The van der Waals surface area contributed by atoms with Crippen molar-refractivity contribution < 1.29 is 0 Å². The molecular formula is C7H17N3. The predicted molar refractivity (Wildman–Crippen MR) is 42.4 cm³/mol. The van der Waals surface area contributed by atoms with Crippen molar-refractivity contribution in [3.8, 4) is 0 Å². The van der Waals surface area contributed by atoms with E-state index in [0.29, 0.717) is 0 Å². The van der Waals surface area contributed by atoms with Gasteiger partial charge in [0.25, 0.3) is 0 Å². The Bertz CT molecular complexity index is 86.9. The number of likely N-dealkylation sites (tertiary alicyclic amines) is 1. The van der Waals surface area contributed by atoms with Crippen LogP contribution in [0, 0.1) is 5.92 Å². The standard InChI is InChI=1S/C7H17N3/c1-10-4-2-7(3-5-10)6-9-8/h7,9H,2-6,8H2,1H3. The fraction of sp³-hybridized carbons (Fsp3) is 1.00. The predicted octanol–water partition coefficient (Wildman–Crippen LogP) is -0.208. The molecule has 3 nitrogen and oxygen atoms in total. The average molecular weight is 143 g/mol. The number of nitrogens with zero attached hydrogens (tertiary/aromatic N) is 1. The number of rotatable bonds is 2. The van der Waals surface area contributed by atoms with Crippen LogP contribution in [-0.4, -0.2) is 31.6 Å². The number of piperidine rings is 1. The second-order valence-corrected chi connectivity index (χ2v) is 3.15. The Morgan fingerprint density at radius 1 is 1.50 bits per heavy atom. The Labute approximate surface area is 62.5 Å². The van der Waals surface area contributed by atoms with Gasteiger partial charge in [0.2, 0.25) is 0 Å². The summed E-state index contributed by atoms with van der Waals surface area (Å²) in [5, 5.41) is 0. The molecule has 0 amide bonds. The fourth-order valence-corrected chi connectivity index (χ4v) is 1.43. The van der Waals surface area contributed by atoms with Crippen molar-refractivity contribution in [1.82, 2.24) is 10.3 Å². The van der Waals surface area contributed by atoms with Crippen LogP contribution in [0.15, 0.2) is 0 Å². The molecule has 0 aromatic carbocycles. The largest absolute Gasteiger partial charge is 0.306 e. The summed E-state index contributed by atoms with van der Waals surface area (Å²) in [5.41, 5.74) is 2.73. The summed E-state index contributed by atoms with van der Waals surface area (Å²) < 4.78 is 0. The molecule has 0 spiro atoms. The lowest BCUT2D eigenvalue weighted by molar-refractivity contribution is 0.216. The van der Waals surface area contributed by atoms with Gasteiger partial charge in [-0.15, -0.1) is 0 Å². The Morgan fingerprint density at radius 3 is 2.60 bits per heavy atom. The van der Waals surface area contributed by atoms with Crippen LogP contribution >= 0.6 is 0 Å². The topological polar surface area (TPSA) is 41.3 Å². The van der Waals surface area contributed by atoms with Crippen LogP contribution in [0.3, 0.4) is 0 Å². The highest BCUT2D eigenvalue weighted by Gasteiger charge is 2.14. The molecule has 0 aromatic rings. The third-order valence-corrected chi connectivity index (χ3v) is 2.24. The van der Waals surface area contributed by atoms with Crippen LogP contribution in [-0.2, 0) is 0 Å². The van der Waals surface area contributed by atoms with Crippen molar-refractivity contribution in [2.75, 3.05) is 26.7 Å². The zero-order valence-corrected chi connectivity index (χ0v) is 6.64. The van der Waals surface area contributed by atoms with Crippen molar-refractivity contribution >= 4 is 0 Å². The fourth-order valence-electron chi connectivity index (χ4n) is 1.43. The first-order chi connectivity index (χ1) is 4.83.